The highest BCUT2D eigenvalue weighted by molar-refractivity contribution is 4.52. The van der Waals surface area contributed by atoms with Crippen LogP contribution in [0.25, 0.3) is 0 Å². The summed E-state index contributed by atoms with van der Waals surface area (Å²) in [6.07, 6.45) is 2.38. The Bertz CT molecular complexity index is 79.6. The van der Waals surface area contributed by atoms with E-state index >= 15 is 0 Å². The lowest BCUT2D eigenvalue weighted by Gasteiger charge is -2.15. The Labute approximate surface area is 69.6 Å². The molecule has 11 heavy (non-hydrogen) atoms. The van der Waals surface area contributed by atoms with Gasteiger partial charge in [0.1, 0.15) is 0 Å². The van der Waals surface area contributed by atoms with Crippen LogP contribution in [-0.4, -0.2) is 18.0 Å². The Morgan fingerprint density at radius 1 is 1.09 bits per heavy atom. The van der Waals surface area contributed by atoms with Gasteiger partial charge in [0.2, 0.25) is 0 Å². The van der Waals surface area contributed by atoms with E-state index in [2.05, 4.69) is 13.8 Å². The third-order valence-corrected chi connectivity index (χ3v) is 2.03. The topological polar surface area (TPSA) is 29.5 Å². The molecule has 2 heteroatoms. The molecule has 0 bridgehead atoms. The molecule has 0 aromatic rings. The van der Waals surface area contributed by atoms with E-state index in [4.69, 9.17) is 9.84 Å². The van der Waals surface area contributed by atoms with E-state index in [-0.39, 0.29) is 0 Å². The number of hydrogen-bond acceptors (Lipinski definition) is 2. The van der Waals surface area contributed by atoms with Crippen LogP contribution in [-0.2, 0) is 4.74 Å². The van der Waals surface area contributed by atoms with Crippen LogP contribution in [0, 0.1) is 5.92 Å². The summed E-state index contributed by atoms with van der Waals surface area (Å²) in [7, 11) is 0. The van der Waals surface area contributed by atoms with Crippen molar-refractivity contribution in [2.75, 3.05) is 6.61 Å². The van der Waals surface area contributed by atoms with E-state index in [0.29, 0.717) is 18.9 Å². The predicted molar refractivity (Wildman–Crippen MR) is 46.3 cm³/mol. The van der Waals surface area contributed by atoms with Gasteiger partial charge in [-0.25, -0.2) is 0 Å². The highest BCUT2D eigenvalue weighted by Crippen LogP contribution is 2.08. The van der Waals surface area contributed by atoms with E-state index in [0.717, 1.165) is 12.8 Å². The lowest BCUT2D eigenvalue weighted by Crippen LogP contribution is -2.16. The normalized spacial score (nSPS) is 13.9. The van der Waals surface area contributed by atoms with Crippen LogP contribution in [0.4, 0.5) is 0 Å². The summed E-state index contributed by atoms with van der Waals surface area (Å²) in [5.74, 6) is 0.608. The van der Waals surface area contributed by atoms with Crippen LogP contribution in [0.15, 0.2) is 0 Å². The molecule has 0 radical (unpaired) electrons. The molecule has 0 aliphatic carbocycles. The van der Waals surface area contributed by atoms with Gasteiger partial charge in [-0.2, -0.15) is 0 Å². The number of ether oxygens (including phenoxy) is 1. The molecule has 0 amide bonds. The van der Waals surface area contributed by atoms with Crippen molar-refractivity contribution in [3.05, 3.63) is 0 Å². The van der Waals surface area contributed by atoms with Crippen LogP contribution in [0.5, 0.6) is 0 Å². The first-order chi connectivity index (χ1) is 5.24. The predicted octanol–water partition coefficient (Wildman–Crippen LogP) is 2.17. The summed E-state index contributed by atoms with van der Waals surface area (Å²) in [5.41, 5.74) is 0. The molecule has 0 aliphatic rings. The molecule has 0 fully saturated rings. The monoisotopic (exact) mass is 160 g/mol. The van der Waals surface area contributed by atoms with Crippen molar-refractivity contribution in [3.8, 4) is 0 Å². The molecular formula is C9H20O2. The summed E-state index contributed by atoms with van der Waals surface area (Å²) < 4.78 is 5.19. The van der Waals surface area contributed by atoms with Crippen molar-refractivity contribution in [3.63, 3.8) is 0 Å². The minimum Gasteiger partial charge on any atom is -0.368 e. The molecule has 1 N–H and O–H groups in total. The van der Waals surface area contributed by atoms with E-state index in [1.165, 1.54) is 0 Å². The first-order valence-corrected chi connectivity index (χ1v) is 4.54. The largest absolute Gasteiger partial charge is 0.368 e. The van der Waals surface area contributed by atoms with Crippen LogP contribution in [0.2, 0.25) is 0 Å². The smallest absolute Gasteiger partial charge is 0.154 e. The lowest BCUT2D eigenvalue weighted by molar-refractivity contribution is -0.111. The van der Waals surface area contributed by atoms with Gasteiger partial charge >= 0.3 is 0 Å². The number of aliphatic hydroxyl groups is 1. The van der Waals surface area contributed by atoms with Crippen LogP contribution >= 0.6 is 0 Å². The first-order valence-electron chi connectivity index (χ1n) is 4.54. The minimum atomic E-state index is -0.560. The van der Waals surface area contributed by atoms with Gasteiger partial charge in [-0.15, -0.1) is 0 Å². The highest BCUT2D eigenvalue weighted by atomic mass is 16.6. The second-order valence-corrected chi connectivity index (χ2v) is 2.88. The van der Waals surface area contributed by atoms with Crippen molar-refractivity contribution < 1.29 is 9.84 Å². The van der Waals surface area contributed by atoms with Gasteiger partial charge in [0.25, 0.3) is 0 Å². The Hall–Kier alpha value is -0.0800. The zero-order valence-corrected chi connectivity index (χ0v) is 7.84. The quantitative estimate of drug-likeness (QED) is 0.603. The van der Waals surface area contributed by atoms with Gasteiger partial charge in [0, 0.05) is 0 Å². The fraction of sp³-hybridized carbons (Fsp3) is 1.00. The number of aliphatic hydroxyl groups excluding tert-OH is 1. The second kappa shape index (κ2) is 6.62. The maximum absolute atomic E-state index is 9.08. The molecule has 2 nitrogen and oxygen atoms in total. The molecule has 0 heterocycles. The van der Waals surface area contributed by atoms with Crippen molar-refractivity contribution in [1.29, 1.82) is 0 Å². The van der Waals surface area contributed by atoms with E-state index in [9.17, 15) is 0 Å². The maximum Gasteiger partial charge on any atom is 0.154 e. The van der Waals surface area contributed by atoms with Gasteiger partial charge in [0.15, 0.2) is 6.29 Å². The molecule has 0 saturated heterocycles. The van der Waals surface area contributed by atoms with Gasteiger partial charge in [-0.3, -0.25) is 0 Å². The molecule has 0 spiro atoms. The van der Waals surface area contributed by atoms with Crippen LogP contribution < -0.4 is 0 Å². The molecule has 1 atom stereocenters. The van der Waals surface area contributed by atoms with Crippen molar-refractivity contribution in [2.24, 2.45) is 5.92 Å². The third kappa shape index (κ3) is 5.22. The van der Waals surface area contributed by atoms with E-state index in [1.807, 2.05) is 6.92 Å². The third-order valence-electron chi connectivity index (χ3n) is 2.03. The molecule has 0 rings (SSSR count). The fourth-order valence-electron chi connectivity index (χ4n) is 0.889. The van der Waals surface area contributed by atoms with Crippen molar-refractivity contribution >= 4 is 0 Å². The summed E-state index contributed by atoms with van der Waals surface area (Å²) in [6.45, 7) is 6.91. The molecule has 68 valence electrons. The summed E-state index contributed by atoms with van der Waals surface area (Å²) >= 11 is 0. The van der Waals surface area contributed by atoms with Gasteiger partial charge in [0.05, 0.1) is 6.61 Å². The molecule has 0 aromatic heterocycles. The standard InChI is InChI=1S/C9H20O2/c1-4-8(5-2)7-11-9(10)6-3/h8-10H,4-7H2,1-3H3. The molecule has 0 aromatic carbocycles. The summed E-state index contributed by atoms with van der Waals surface area (Å²) in [5, 5.41) is 9.08. The maximum atomic E-state index is 9.08. The Morgan fingerprint density at radius 3 is 2.00 bits per heavy atom. The summed E-state index contributed by atoms with van der Waals surface area (Å²) in [6, 6.07) is 0. The molecule has 0 saturated carbocycles. The molecular weight excluding hydrogens is 140 g/mol. The zero-order chi connectivity index (χ0) is 8.69. The molecule has 1 unspecified atom stereocenters. The highest BCUT2D eigenvalue weighted by Gasteiger charge is 2.06. The Morgan fingerprint density at radius 2 is 1.64 bits per heavy atom. The zero-order valence-electron chi connectivity index (χ0n) is 7.84. The fourth-order valence-corrected chi connectivity index (χ4v) is 0.889. The van der Waals surface area contributed by atoms with Crippen molar-refractivity contribution in [2.45, 2.75) is 46.3 Å². The van der Waals surface area contributed by atoms with Crippen LogP contribution in [0.1, 0.15) is 40.0 Å². The van der Waals surface area contributed by atoms with Gasteiger partial charge in [-0.1, -0.05) is 33.6 Å². The van der Waals surface area contributed by atoms with Gasteiger partial charge in [-0.05, 0) is 12.3 Å². The summed E-state index contributed by atoms with van der Waals surface area (Å²) in [4.78, 5) is 0. The number of rotatable bonds is 6. The van der Waals surface area contributed by atoms with Gasteiger partial charge < -0.3 is 9.84 Å². The van der Waals surface area contributed by atoms with Crippen molar-refractivity contribution in [1.82, 2.24) is 0 Å². The first kappa shape index (κ1) is 10.9. The number of hydrogen-bond donors (Lipinski definition) is 1. The van der Waals surface area contributed by atoms with E-state index in [1.54, 1.807) is 0 Å². The Balaban J connectivity index is 3.34. The Kier molecular flexibility index (Phi) is 6.57. The molecule has 0 aliphatic heterocycles. The average molecular weight is 160 g/mol. The van der Waals surface area contributed by atoms with Crippen LogP contribution in [0.3, 0.4) is 0 Å². The second-order valence-electron chi connectivity index (χ2n) is 2.88. The SMILES string of the molecule is CCC(CC)COC(O)CC. The lowest BCUT2D eigenvalue weighted by atomic mass is 10.1. The minimum absolute atomic E-state index is 0.560. The average Bonchev–Trinajstić information content (AvgIpc) is 2.06. The van der Waals surface area contributed by atoms with E-state index < -0.39 is 6.29 Å².